The molecule has 0 radical (unpaired) electrons. The molecule has 4 heterocycles. The molecule has 0 aromatic heterocycles. The number of hydrogen-bond donors (Lipinski definition) is 1. The lowest BCUT2D eigenvalue weighted by molar-refractivity contribution is -0.0456. The zero-order valence-electron chi connectivity index (χ0n) is 35.8. The average Bonchev–Trinajstić information content (AvgIpc) is 4.23. The molecule has 0 unspecified atom stereocenters. The highest BCUT2D eigenvalue weighted by Gasteiger charge is 2.33. The van der Waals surface area contributed by atoms with Crippen molar-refractivity contribution in [3.63, 3.8) is 0 Å². The van der Waals surface area contributed by atoms with Crippen molar-refractivity contribution in [3.05, 3.63) is 162 Å². The van der Waals surface area contributed by atoms with Gasteiger partial charge in [-0.15, -0.1) is 0 Å². The number of benzene rings is 7. The van der Waals surface area contributed by atoms with Gasteiger partial charge in [0.15, 0.2) is 25.2 Å². The van der Waals surface area contributed by atoms with Crippen LogP contribution in [0.5, 0.6) is 40.2 Å². The van der Waals surface area contributed by atoms with E-state index < -0.39 is 42.4 Å². The van der Waals surface area contributed by atoms with Gasteiger partial charge in [-0.05, 0) is 53.2 Å². The summed E-state index contributed by atoms with van der Waals surface area (Å²) in [6.07, 6.45) is -2.55. The maximum atomic E-state index is 12.6. The smallest absolute Gasteiger partial charge is 0.506 e. The Bertz CT molecular complexity index is 2510. The molecule has 4 saturated heterocycles. The van der Waals surface area contributed by atoms with Gasteiger partial charge in [0.05, 0.1) is 85.9 Å². The fourth-order valence-electron chi connectivity index (χ4n) is 8.07. The van der Waals surface area contributed by atoms with Crippen LogP contribution in [0.4, 0.5) is 0 Å². The Hall–Kier alpha value is -5.80. The lowest BCUT2D eigenvalue weighted by Crippen LogP contribution is -2.08. The fraction of sp³-hybridized carbons (Fsp3) is 0.240. The number of rotatable bonds is 16. The summed E-state index contributed by atoms with van der Waals surface area (Å²) in [6.45, 7) is 3.56. The van der Waals surface area contributed by atoms with Crippen molar-refractivity contribution in [3.8, 4) is 40.2 Å². The molecule has 0 atom stereocenters. The van der Waals surface area contributed by atoms with Gasteiger partial charge in [-0.1, -0.05) is 97.1 Å². The number of hydrogen-bond acceptors (Lipinski definition) is 15. The van der Waals surface area contributed by atoms with Gasteiger partial charge in [0.25, 0.3) is 0 Å². The first-order chi connectivity index (χ1) is 33.1. The van der Waals surface area contributed by atoms with Crippen LogP contribution in [0.2, 0.25) is 0 Å². The summed E-state index contributed by atoms with van der Waals surface area (Å²) in [6, 6.07) is 42.5. The number of aromatic hydroxyl groups is 1. The predicted molar refractivity (Wildman–Crippen MR) is 245 cm³/mol. The van der Waals surface area contributed by atoms with Crippen molar-refractivity contribution in [2.45, 2.75) is 25.2 Å². The molecule has 7 aromatic rings. The van der Waals surface area contributed by atoms with Crippen LogP contribution in [0.15, 0.2) is 140 Å². The van der Waals surface area contributed by atoms with Crippen molar-refractivity contribution in [1.29, 1.82) is 0 Å². The molecule has 4 aliphatic rings. The molecular weight excluding hydrogens is 902 g/mol. The summed E-state index contributed by atoms with van der Waals surface area (Å²) in [4.78, 5) is 0. The summed E-state index contributed by atoms with van der Waals surface area (Å²) >= 11 is 0. The SMILES string of the molecule is Oc1c2c(OP(Oc3ccccc3C3OCCO3)Oc3ccccc3C3OCCO3)cccc2cc2cccc(OP(Oc3ccccc3C3OCCO3)Oc3ccccc3C3OCCO3)c12. The van der Waals surface area contributed by atoms with Gasteiger partial charge < -0.3 is 70.1 Å². The maximum absolute atomic E-state index is 12.6. The van der Waals surface area contributed by atoms with Crippen LogP contribution in [-0.4, -0.2) is 58.0 Å². The van der Waals surface area contributed by atoms with Gasteiger partial charge in [-0.25, -0.2) is 0 Å². The molecule has 1 N–H and O–H groups in total. The molecule has 15 nitrogen and oxygen atoms in total. The van der Waals surface area contributed by atoms with Crippen LogP contribution < -0.4 is 27.1 Å². The molecule has 7 aromatic carbocycles. The van der Waals surface area contributed by atoms with Crippen molar-refractivity contribution in [1.82, 2.24) is 0 Å². The molecule has 67 heavy (non-hydrogen) atoms. The first-order valence-corrected chi connectivity index (χ1v) is 24.0. The Kier molecular flexibility index (Phi) is 13.2. The quantitative estimate of drug-likeness (QED) is 0.0722. The van der Waals surface area contributed by atoms with Crippen LogP contribution in [0.1, 0.15) is 47.4 Å². The van der Waals surface area contributed by atoms with Gasteiger partial charge in [-0.3, -0.25) is 0 Å². The van der Waals surface area contributed by atoms with Crippen molar-refractivity contribution >= 4 is 38.7 Å². The zero-order chi connectivity index (χ0) is 44.9. The Morgan fingerprint density at radius 1 is 0.328 bits per heavy atom. The van der Waals surface area contributed by atoms with Gasteiger partial charge >= 0.3 is 17.2 Å². The normalized spacial score (nSPS) is 17.3. The third-order valence-corrected chi connectivity index (χ3v) is 13.2. The molecule has 0 aliphatic carbocycles. The van der Waals surface area contributed by atoms with E-state index in [0.29, 0.717) is 120 Å². The Balaban J connectivity index is 0.974. The Morgan fingerprint density at radius 3 is 0.881 bits per heavy atom. The molecular formula is C50H44O15P2. The van der Waals surface area contributed by atoms with Crippen molar-refractivity contribution < 1.29 is 70.1 Å². The topological polar surface area (TPSA) is 149 Å². The van der Waals surface area contributed by atoms with Gasteiger partial charge in [0.2, 0.25) is 0 Å². The van der Waals surface area contributed by atoms with Gasteiger partial charge in [0.1, 0.15) is 40.2 Å². The largest absolute Gasteiger partial charge is 0.530 e. The molecule has 4 fully saturated rings. The third-order valence-electron chi connectivity index (χ3n) is 11.1. The first kappa shape index (κ1) is 43.8. The van der Waals surface area contributed by atoms with Crippen molar-refractivity contribution in [2.24, 2.45) is 0 Å². The van der Waals surface area contributed by atoms with Crippen LogP contribution in [0, 0.1) is 0 Å². The minimum absolute atomic E-state index is 0.119. The summed E-state index contributed by atoms with van der Waals surface area (Å²) in [7, 11) is -4.63. The minimum Gasteiger partial charge on any atom is -0.506 e. The molecule has 11 rings (SSSR count). The van der Waals surface area contributed by atoms with E-state index in [9.17, 15) is 5.11 Å². The van der Waals surface area contributed by atoms with E-state index in [1.54, 1.807) is 36.4 Å². The Labute approximate surface area is 387 Å². The van der Waals surface area contributed by atoms with Gasteiger partial charge in [0, 0.05) is 0 Å². The highest BCUT2D eigenvalue weighted by Crippen LogP contribution is 2.53. The Morgan fingerprint density at radius 2 is 0.582 bits per heavy atom. The lowest BCUT2D eigenvalue weighted by Gasteiger charge is -2.24. The van der Waals surface area contributed by atoms with E-state index in [4.69, 9.17) is 65.0 Å². The molecule has 4 aliphatic heterocycles. The van der Waals surface area contributed by atoms with E-state index in [-0.39, 0.29) is 17.2 Å². The average molecular weight is 947 g/mol. The predicted octanol–water partition coefficient (Wildman–Crippen LogP) is 11.4. The molecule has 0 amide bonds. The molecule has 344 valence electrons. The number of para-hydroxylation sites is 4. The summed E-state index contributed by atoms with van der Waals surface area (Å²) in [5.41, 5.74) is 2.67. The fourth-order valence-corrected chi connectivity index (χ4v) is 10.2. The highest BCUT2D eigenvalue weighted by atomic mass is 31.2. The van der Waals surface area contributed by atoms with Crippen LogP contribution in [0.25, 0.3) is 21.5 Å². The summed E-state index contributed by atoms with van der Waals surface area (Å²) in [5, 5.41) is 14.7. The van der Waals surface area contributed by atoms with Crippen LogP contribution in [0.3, 0.4) is 0 Å². The number of phenolic OH excluding ortho intramolecular Hbond substituents is 1. The van der Waals surface area contributed by atoms with Gasteiger partial charge in [-0.2, -0.15) is 0 Å². The first-order valence-electron chi connectivity index (χ1n) is 21.8. The summed E-state index contributed by atoms with van der Waals surface area (Å²) < 4.78 is 87.1. The second-order valence-electron chi connectivity index (χ2n) is 15.4. The molecule has 0 spiro atoms. The second-order valence-corrected chi connectivity index (χ2v) is 17.4. The maximum Gasteiger partial charge on any atom is 0.530 e. The lowest BCUT2D eigenvalue weighted by atomic mass is 10.0. The number of phenols is 1. The van der Waals surface area contributed by atoms with E-state index in [1.807, 2.05) is 103 Å². The van der Waals surface area contributed by atoms with Crippen LogP contribution in [-0.2, 0) is 37.9 Å². The monoisotopic (exact) mass is 946 g/mol. The minimum atomic E-state index is -2.31. The highest BCUT2D eigenvalue weighted by molar-refractivity contribution is 7.43. The zero-order valence-corrected chi connectivity index (χ0v) is 37.6. The molecule has 0 bridgehead atoms. The summed E-state index contributed by atoms with van der Waals surface area (Å²) in [5.74, 6) is 2.18. The van der Waals surface area contributed by atoms with Crippen LogP contribution >= 0.6 is 17.2 Å². The number of fused-ring (bicyclic) bond motifs is 2. The van der Waals surface area contributed by atoms with E-state index in [2.05, 4.69) is 0 Å². The van der Waals surface area contributed by atoms with E-state index >= 15 is 0 Å². The number of ether oxygens (including phenoxy) is 8. The molecule has 17 heteroatoms. The third kappa shape index (κ3) is 9.54. The van der Waals surface area contributed by atoms with Crippen molar-refractivity contribution in [2.75, 3.05) is 52.9 Å². The second kappa shape index (κ2) is 20.2. The molecule has 0 saturated carbocycles. The van der Waals surface area contributed by atoms with E-state index in [1.165, 1.54) is 0 Å². The van der Waals surface area contributed by atoms with E-state index in [0.717, 1.165) is 0 Å². The standard InChI is InChI=1S/C50H44O15P2/c51-46-44-32(11-9-21-42(44)64-66(60-38-17-5-1-13-34(38)47-52-23-24-53-47)61-39-18-6-2-14-35(39)48-54-25-26-55-48)31-33-12-10-22-43(45(33)46)65-67(62-40-19-7-3-15-36(40)49-56-27-28-57-49)63-41-20-8-4-16-37(41)50-58-29-30-59-50/h1-22,31,47-51H,23-30H2.